The van der Waals surface area contributed by atoms with Gasteiger partial charge in [-0.2, -0.15) is 9.36 Å². The first-order valence-electron chi connectivity index (χ1n) is 7.21. The molecule has 3 aromatic rings. The lowest BCUT2D eigenvalue weighted by atomic mass is 10.3. The number of aromatic nitrogens is 4. The summed E-state index contributed by atoms with van der Waals surface area (Å²) in [5.41, 5.74) is -0.122. The fourth-order valence-corrected chi connectivity index (χ4v) is 3.51. The van der Waals surface area contributed by atoms with Crippen LogP contribution in [0.15, 0.2) is 41.2 Å². The Bertz CT molecular complexity index is 965. The molecule has 0 spiro atoms. The number of hydrogen-bond acceptors (Lipinski definition) is 5. The summed E-state index contributed by atoms with van der Waals surface area (Å²) >= 11 is 13.4. The summed E-state index contributed by atoms with van der Waals surface area (Å²) in [5.74, 6) is -0.266. The Kier molecular flexibility index (Phi) is 5.22. The molecule has 2 heterocycles. The summed E-state index contributed by atoms with van der Waals surface area (Å²) in [6.07, 6.45) is 0. The van der Waals surface area contributed by atoms with Crippen LogP contribution in [0, 0.1) is 0 Å². The fraction of sp³-hybridized carbons (Fsp3) is 0.200. The van der Waals surface area contributed by atoms with Gasteiger partial charge >= 0.3 is 5.69 Å². The van der Waals surface area contributed by atoms with Gasteiger partial charge in [-0.3, -0.25) is 4.79 Å². The van der Waals surface area contributed by atoms with E-state index in [0.717, 1.165) is 14.2 Å². The van der Waals surface area contributed by atoms with Gasteiger partial charge in [-0.15, -0.1) is 11.3 Å². The van der Waals surface area contributed by atoms with Crippen LogP contribution in [-0.4, -0.2) is 37.6 Å². The predicted molar refractivity (Wildman–Crippen MR) is 96.4 cm³/mol. The number of thiophene rings is 1. The molecule has 1 amide bonds. The zero-order valence-electron chi connectivity index (χ0n) is 13.1. The molecule has 130 valence electrons. The van der Waals surface area contributed by atoms with Gasteiger partial charge in [-0.25, -0.2) is 4.79 Å². The Labute approximate surface area is 157 Å². The first-order chi connectivity index (χ1) is 12.0. The number of amides is 1. The molecule has 0 aliphatic carbocycles. The molecular formula is C15H13Cl2N5O2S. The third kappa shape index (κ3) is 3.92. The molecule has 0 bridgehead atoms. The molecule has 3 rings (SSSR count). The van der Waals surface area contributed by atoms with Gasteiger partial charge in [0, 0.05) is 11.9 Å². The summed E-state index contributed by atoms with van der Waals surface area (Å²) in [6.45, 7) is 0.197. The van der Waals surface area contributed by atoms with E-state index in [1.54, 1.807) is 37.4 Å². The molecule has 10 heteroatoms. The zero-order valence-corrected chi connectivity index (χ0v) is 15.4. The number of benzene rings is 1. The van der Waals surface area contributed by atoms with Crippen molar-refractivity contribution in [1.82, 2.24) is 24.7 Å². The quantitative estimate of drug-likeness (QED) is 0.662. The van der Waals surface area contributed by atoms with Crippen LogP contribution in [0.3, 0.4) is 0 Å². The first kappa shape index (κ1) is 17.7. The number of hydrogen-bond donors (Lipinski definition) is 0. The highest BCUT2D eigenvalue weighted by Crippen LogP contribution is 2.22. The highest BCUT2D eigenvalue weighted by atomic mass is 35.5. The molecule has 25 heavy (non-hydrogen) atoms. The van der Waals surface area contributed by atoms with Gasteiger partial charge < -0.3 is 4.90 Å². The van der Waals surface area contributed by atoms with Crippen LogP contribution in [0.25, 0.3) is 5.69 Å². The predicted octanol–water partition coefficient (Wildman–Crippen LogP) is 2.46. The molecule has 1 aromatic carbocycles. The highest BCUT2D eigenvalue weighted by molar-refractivity contribution is 7.16. The SMILES string of the molecule is CN(Cc1ccc(Cl)s1)C(=O)Cn1nnn(-c2ccccc2Cl)c1=O. The maximum absolute atomic E-state index is 12.4. The van der Waals surface area contributed by atoms with Crippen LogP contribution in [0.5, 0.6) is 0 Å². The number of para-hydroxylation sites is 1. The van der Waals surface area contributed by atoms with Crippen molar-refractivity contribution in [2.24, 2.45) is 0 Å². The minimum absolute atomic E-state index is 0.209. The van der Waals surface area contributed by atoms with Gasteiger partial charge in [0.05, 0.1) is 21.6 Å². The van der Waals surface area contributed by atoms with Gasteiger partial charge in [-0.05, 0) is 34.7 Å². The van der Waals surface area contributed by atoms with Gasteiger partial charge in [0.2, 0.25) is 5.91 Å². The minimum Gasteiger partial charge on any atom is -0.339 e. The third-order valence-corrected chi connectivity index (χ3v) is 4.99. The van der Waals surface area contributed by atoms with Crippen LogP contribution < -0.4 is 5.69 Å². The summed E-state index contributed by atoms with van der Waals surface area (Å²) in [7, 11) is 1.65. The Morgan fingerprint density at radius 3 is 2.64 bits per heavy atom. The second-order valence-corrected chi connectivity index (χ2v) is 7.44. The average Bonchev–Trinajstić information content (AvgIpc) is 3.14. The van der Waals surface area contributed by atoms with Crippen molar-refractivity contribution in [1.29, 1.82) is 0 Å². The first-order valence-corrected chi connectivity index (χ1v) is 8.79. The van der Waals surface area contributed by atoms with E-state index in [-0.39, 0.29) is 12.5 Å². The standard InChI is InChI=1S/C15H13Cl2N5O2S/c1-20(8-10-6-7-13(17)25-10)14(23)9-21-15(24)22(19-18-21)12-5-3-2-4-11(12)16/h2-7H,8-9H2,1H3. The molecule has 0 atom stereocenters. The maximum Gasteiger partial charge on any atom is 0.369 e. The normalized spacial score (nSPS) is 10.8. The largest absolute Gasteiger partial charge is 0.369 e. The van der Waals surface area contributed by atoms with E-state index in [2.05, 4.69) is 10.4 Å². The van der Waals surface area contributed by atoms with E-state index in [1.165, 1.54) is 16.2 Å². The fourth-order valence-electron chi connectivity index (χ4n) is 2.16. The second-order valence-electron chi connectivity index (χ2n) is 5.24. The van der Waals surface area contributed by atoms with Crippen LogP contribution >= 0.6 is 34.5 Å². The van der Waals surface area contributed by atoms with Gasteiger partial charge in [0.25, 0.3) is 0 Å². The number of rotatable bonds is 5. The van der Waals surface area contributed by atoms with E-state index in [9.17, 15) is 9.59 Å². The van der Waals surface area contributed by atoms with E-state index in [0.29, 0.717) is 21.6 Å². The van der Waals surface area contributed by atoms with Crippen molar-refractivity contribution in [3.63, 3.8) is 0 Å². The monoisotopic (exact) mass is 397 g/mol. The zero-order chi connectivity index (χ0) is 18.0. The van der Waals surface area contributed by atoms with E-state index in [4.69, 9.17) is 23.2 Å². The molecule has 0 N–H and O–H groups in total. The second kappa shape index (κ2) is 7.38. The summed E-state index contributed by atoms with van der Waals surface area (Å²) in [4.78, 5) is 27.2. The number of likely N-dealkylation sites (N-methyl/N-ethyl adjacent to an activating group) is 1. The minimum atomic E-state index is -0.533. The number of nitrogens with zero attached hydrogens (tertiary/aromatic N) is 5. The maximum atomic E-state index is 12.4. The van der Waals surface area contributed by atoms with Crippen molar-refractivity contribution in [2.75, 3.05) is 7.05 Å². The smallest absolute Gasteiger partial charge is 0.339 e. The average molecular weight is 398 g/mol. The summed E-state index contributed by atoms with van der Waals surface area (Å²) in [6, 6.07) is 10.4. The van der Waals surface area contributed by atoms with Gasteiger partial charge in [-0.1, -0.05) is 35.3 Å². The van der Waals surface area contributed by atoms with E-state index >= 15 is 0 Å². The van der Waals surface area contributed by atoms with Gasteiger partial charge in [0.15, 0.2) is 0 Å². The molecule has 2 aromatic heterocycles. The Balaban J connectivity index is 1.74. The number of carbonyl (C=O) groups excluding carboxylic acids is 1. The number of tetrazole rings is 1. The van der Waals surface area contributed by atoms with E-state index < -0.39 is 5.69 Å². The van der Waals surface area contributed by atoms with Crippen molar-refractivity contribution < 1.29 is 4.79 Å². The lowest BCUT2D eigenvalue weighted by molar-refractivity contribution is -0.131. The number of carbonyl (C=O) groups is 1. The van der Waals surface area contributed by atoms with Gasteiger partial charge in [0.1, 0.15) is 6.54 Å². The molecule has 0 fully saturated rings. The van der Waals surface area contributed by atoms with Crippen molar-refractivity contribution in [3.8, 4) is 5.69 Å². The lowest BCUT2D eigenvalue weighted by Crippen LogP contribution is -2.34. The Hall–Kier alpha value is -2.16. The Morgan fingerprint density at radius 2 is 1.96 bits per heavy atom. The molecule has 0 unspecified atom stereocenters. The molecule has 0 aliphatic heterocycles. The third-order valence-electron chi connectivity index (χ3n) is 3.45. The number of halogens is 2. The van der Waals surface area contributed by atoms with Crippen molar-refractivity contribution in [2.45, 2.75) is 13.1 Å². The van der Waals surface area contributed by atoms with Crippen molar-refractivity contribution in [3.05, 3.63) is 61.1 Å². The topological polar surface area (TPSA) is 73.0 Å². The lowest BCUT2D eigenvalue weighted by Gasteiger charge is -2.15. The molecule has 0 saturated carbocycles. The molecule has 0 saturated heterocycles. The van der Waals surface area contributed by atoms with Crippen LogP contribution in [0.1, 0.15) is 4.88 Å². The molecular weight excluding hydrogens is 385 g/mol. The summed E-state index contributed by atoms with van der Waals surface area (Å²) in [5, 5.41) is 7.92. The molecule has 7 nitrogen and oxygen atoms in total. The van der Waals surface area contributed by atoms with Crippen molar-refractivity contribution >= 4 is 40.4 Å². The molecule has 0 radical (unpaired) electrons. The molecule has 0 aliphatic rings. The van der Waals surface area contributed by atoms with Crippen LogP contribution in [-0.2, 0) is 17.9 Å². The van der Waals surface area contributed by atoms with Crippen LogP contribution in [0.2, 0.25) is 9.36 Å². The summed E-state index contributed by atoms with van der Waals surface area (Å²) < 4.78 is 2.73. The Morgan fingerprint density at radius 1 is 1.20 bits per heavy atom. The van der Waals surface area contributed by atoms with Crippen LogP contribution in [0.4, 0.5) is 0 Å². The highest BCUT2D eigenvalue weighted by Gasteiger charge is 2.17. The van der Waals surface area contributed by atoms with E-state index in [1.807, 2.05) is 6.07 Å².